The Balaban J connectivity index is 1.82. The molecule has 0 saturated carbocycles. The second kappa shape index (κ2) is 14.8. The van der Waals surface area contributed by atoms with Crippen molar-refractivity contribution in [3.05, 3.63) is 60.2 Å². The maximum Gasteiger partial charge on any atom is 0.410 e. The van der Waals surface area contributed by atoms with E-state index in [4.69, 9.17) is 18.9 Å². The third-order valence-corrected chi connectivity index (χ3v) is 4.80. The molecule has 1 amide bonds. The van der Waals surface area contributed by atoms with Crippen LogP contribution in [-0.4, -0.2) is 67.2 Å². The largest absolute Gasteiger partial charge is 0.494 e. The summed E-state index contributed by atoms with van der Waals surface area (Å²) in [5.74, 6) is 0.447. The van der Waals surface area contributed by atoms with Crippen molar-refractivity contribution in [2.75, 3.05) is 32.9 Å². The van der Waals surface area contributed by atoms with Crippen molar-refractivity contribution in [2.45, 2.75) is 45.8 Å². The predicted molar refractivity (Wildman–Crippen MR) is 128 cm³/mol. The molecule has 0 fully saturated rings. The summed E-state index contributed by atoms with van der Waals surface area (Å²) < 4.78 is 22.1. The smallest absolute Gasteiger partial charge is 0.410 e. The zero-order chi connectivity index (χ0) is 24.8. The van der Waals surface area contributed by atoms with Gasteiger partial charge in [-0.1, -0.05) is 30.3 Å². The fourth-order valence-electron chi connectivity index (χ4n) is 3.16. The second-order valence-electron chi connectivity index (χ2n) is 7.91. The number of carboxylic acids is 1. The first kappa shape index (κ1) is 27.0. The minimum absolute atomic E-state index is 0.213. The van der Waals surface area contributed by atoms with Crippen LogP contribution in [0, 0.1) is 0 Å². The number of amides is 1. The molecule has 0 spiro atoms. The first-order valence-corrected chi connectivity index (χ1v) is 11.6. The quantitative estimate of drug-likeness (QED) is 0.383. The van der Waals surface area contributed by atoms with Crippen LogP contribution in [0.1, 0.15) is 32.8 Å². The molecule has 2 aromatic rings. The molecule has 0 saturated heterocycles. The van der Waals surface area contributed by atoms with Gasteiger partial charge < -0.3 is 29.0 Å². The van der Waals surface area contributed by atoms with Crippen LogP contribution >= 0.6 is 0 Å². The zero-order valence-corrected chi connectivity index (χ0v) is 20.1. The molecule has 186 valence electrons. The van der Waals surface area contributed by atoms with Gasteiger partial charge in [0.25, 0.3) is 0 Å². The molecule has 8 heteroatoms. The second-order valence-corrected chi connectivity index (χ2v) is 7.91. The van der Waals surface area contributed by atoms with Crippen molar-refractivity contribution < 1.29 is 33.6 Å². The van der Waals surface area contributed by atoms with Crippen molar-refractivity contribution in [1.29, 1.82) is 0 Å². The molecular weight excluding hydrogens is 438 g/mol. The van der Waals surface area contributed by atoms with Gasteiger partial charge in [0, 0.05) is 19.6 Å². The third-order valence-electron chi connectivity index (χ3n) is 4.80. The van der Waals surface area contributed by atoms with E-state index in [1.807, 2.05) is 56.3 Å². The van der Waals surface area contributed by atoms with Crippen LogP contribution in [0.4, 0.5) is 4.79 Å². The summed E-state index contributed by atoms with van der Waals surface area (Å²) in [4.78, 5) is 25.3. The number of carbonyl (C=O) groups is 2. The Morgan fingerprint density at radius 2 is 1.56 bits per heavy atom. The maximum atomic E-state index is 12.5. The van der Waals surface area contributed by atoms with Crippen molar-refractivity contribution in [3.8, 4) is 11.5 Å². The lowest BCUT2D eigenvalue weighted by Crippen LogP contribution is -2.37. The molecule has 2 rings (SSSR count). The van der Waals surface area contributed by atoms with Crippen LogP contribution in [0.15, 0.2) is 54.6 Å². The van der Waals surface area contributed by atoms with Gasteiger partial charge in [-0.2, -0.15) is 0 Å². The fraction of sp³-hybridized carbons (Fsp3) is 0.462. The van der Waals surface area contributed by atoms with Crippen molar-refractivity contribution in [1.82, 2.24) is 4.90 Å². The number of para-hydroxylation sites is 1. The molecule has 0 aliphatic rings. The number of hydrogen-bond donors (Lipinski definition) is 1. The molecule has 0 aromatic heterocycles. The van der Waals surface area contributed by atoms with E-state index in [1.165, 1.54) is 0 Å². The highest BCUT2D eigenvalue weighted by molar-refractivity contribution is 5.72. The highest BCUT2D eigenvalue weighted by Crippen LogP contribution is 2.15. The van der Waals surface area contributed by atoms with E-state index in [-0.39, 0.29) is 18.6 Å². The summed E-state index contributed by atoms with van der Waals surface area (Å²) >= 11 is 0. The van der Waals surface area contributed by atoms with Gasteiger partial charge in [-0.3, -0.25) is 0 Å². The lowest BCUT2D eigenvalue weighted by Gasteiger charge is -2.23. The van der Waals surface area contributed by atoms with Gasteiger partial charge >= 0.3 is 12.1 Å². The number of hydrogen-bond acceptors (Lipinski definition) is 6. The molecule has 34 heavy (non-hydrogen) atoms. The molecule has 1 N–H and O–H groups in total. The van der Waals surface area contributed by atoms with Crippen LogP contribution in [0.25, 0.3) is 0 Å². The Morgan fingerprint density at radius 3 is 2.18 bits per heavy atom. The van der Waals surface area contributed by atoms with E-state index >= 15 is 0 Å². The average Bonchev–Trinajstić information content (AvgIpc) is 2.81. The molecular formula is C26H35NO7. The molecule has 0 radical (unpaired) electrons. The maximum absolute atomic E-state index is 12.5. The number of ether oxygens (including phenoxy) is 4. The third kappa shape index (κ3) is 10.1. The normalized spacial score (nSPS) is 11.6. The number of benzene rings is 2. The Bertz CT molecular complexity index is 855. The van der Waals surface area contributed by atoms with Crippen molar-refractivity contribution in [3.63, 3.8) is 0 Å². The molecule has 0 aliphatic carbocycles. The highest BCUT2D eigenvalue weighted by atomic mass is 16.6. The number of rotatable bonds is 15. The molecule has 0 heterocycles. The number of carboxylic acid groups (broad SMARTS) is 1. The molecule has 0 bridgehead atoms. The minimum Gasteiger partial charge on any atom is -0.494 e. The summed E-state index contributed by atoms with van der Waals surface area (Å²) in [5.41, 5.74) is 0.841. The average molecular weight is 474 g/mol. The van der Waals surface area contributed by atoms with Crippen LogP contribution in [0.2, 0.25) is 0 Å². The van der Waals surface area contributed by atoms with Gasteiger partial charge in [-0.05, 0) is 57.0 Å². The number of nitrogens with zero attached hydrogens (tertiary/aromatic N) is 1. The molecule has 1 unspecified atom stereocenters. The summed E-state index contributed by atoms with van der Waals surface area (Å²) in [7, 11) is 0. The van der Waals surface area contributed by atoms with Crippen LogP contribution in [-0.2, 0) is 20.7 Å². The van der Waals surface area contributed by atoms with Gasteiger partial charge in [-0.15, -0.1) is 0 Å². The summed E-state index contributed by atoms with van der Waals surface area (Å²) in [6.07, 6.45) is -0.534. The lowest BCUT2D eigenvalue weighted by molar-refractivity contribution is -0.149. The first-order valence-electron chi connectivity index (χ1n) is 11.6. The number of carbonyl (C=O) groups excluding carboxylic acids is 1. The van der Waals surface area contributed by atoms with Gasteiger partial charge in [0.05, 0.1) is 19.3 Å². The monoisotopic (exact) mass is 473 g/mol. The summed E-state index contributed by atoms with van der Waals surface area (Å²) in [6, 6.07) is 16.7. The van der Waals surface area contributed by atoms with E-state index in [0.29, 0.717) is 45.1 Å². The van der Waals surface area contributed by atoms with E-state index in [1.54, 1.807) is 24.0 Å². The predicted octanol–water partition coefficient (Wildman–Crippen LogP) is 4.41. The fourth-order valence-corrected chi connectivity index (χ4v) is 3.16. The van der Waals surface area contributed by atoms with E-state index < -0.39 is 12.1 Å². The van der Waals surface area contributed by atoms with E-state index in [2.05, 4.69) is 0 Å². The minimum atomic E-state index is -0.982. The van der Waals surface area contributed by atoms with Crippen molar-refractivity contribution >= 4 is 12.1 Å². The summed E-state index contributed by atoms with van der Waals surface area (Å²) in [6.45, 7) is 7.36. The molecule has 1 atom stereocenters. The Morgan fingerprint density at radius 1 is 0.912 bits per heavy atom. The van der Waals surface area contributed by atoms with Crippen molar-refractivity contribution in [2.24, 2.45) is 0 Å². The first-order chi connectivity index (χ1) is 16.4. The van der Waals surface area contributed by atoms with Crippen LogP contribution < -0.4 is 9.47 Å². The Labute approximate surface area is 201 Å². The summed E-state index contributed by atoms with van der Waals surface area (Å²) in [5, 5.41) is 9.22. The van der Waals surface area contributed by atoms with Gasteiger partial charge in [0.2, 0.25) is 0 Å². The molecule has 0 aliphatic heterocycles. The Kier molecular flexibility index (Phi) is 11.7. The number of aliphatic carboxylic acids is 1. The van der Waals surface area contributed by atoms with Crippen LogP contribution in [0.5, 0.6) is 11.5 Å². The van der Waals surface area contributed by atoms with Crippen LogP contribution in [0.3, 0.4) is 0 Å². The lowest BCUT2D eigenvalue weighted by atomic mass is 10.1. The van der Waals surface area contributed by atoms with E-state index in [9.17, 15) is 14.7 Å². The Hall–Kier alpha value is -3.26. The van der Waals surface area contributed by atoms with E-state index in [0.717, 1.165) is 11.3 Å². The zero-order valence-electron chi connectivity index (χ0n) is 20.1. The standard InChI is InChI=1S/C26H35NO7/c1-4-31-24(25(28)29)19-21-11-13-23(14-12-21)33-18-16-27(26(30)34-20(2)3)15-8-17-32-22-9-6-5-7-10-22/h5-7,9-14,20,24H,4,8,15-19H2,1-3H3,(H,28,29). The topological polar surface area (TPSA) is 94.5 Å². The molecule has 8 nitrogen and oxygen atoms in total. The van der Waals surface area contributed by atoms with Gasteiger partial charge in [-0.25, -0.2) is 9.59 Å². The highest BCUT2D eigenvalue weighted by Gasteiger charge is 2.18. The molecule has 2 aromatic carbocycles. The SMILES string of the molecule is CCOC(Cc1ccc(OCCN(CCCOc2ccccc2)C(=O)OC(C)C)cc1)C(=O)O. The van der Waals surface area contributed by atoms with Gasteiger partial charge in [0.15, 0.2) is 6.10 Å². The van der Waals surface area contributed by atoms with Gasteiger partial charge in [0.1, 0.15) is 18.1 Å².